The van der Waals surface area contributed by atoms with Gasteiger partial charge in [0.2, 0.25) is 10.0 Å². The molecule has 0 spiro atoms. The highest BCUT2D eigenvalue weighted by Crippen LogP contribution is 2.30. The Morgan fingerprint density at radius 3 is 2.61 bits per heavy atom. The van der Waals surface area contributed by atoms with Gasteiger partial charge in [-0.1, -0.05) is 0 Å². The lowest BCUT2D eigenvalue weighted by atomic mass is 9.99. The van der Waals surface area contributed by atoms with Crippen LogP contribution in [-0.2, 0) is 21.2 Å². The van der Waals surface area contributed by atoms with Gasteiger partial charge in [-0.3, -0.25) is 9.78 Å². The number of hydrogen-bond donors (Lipinski definition) is 2. The monoisotopic (exact) mass is 468 g/mol. The number of pyridine rings is 1. The van der Waals surface area contributed by atoms with Crippen molar-refractivity contribution in [3.63, 3.8) is 0 Å². The highest BCUT2D eigenvalue weighted by atomic mass is 32.2. The third-order valence-electron chi connectivity index (χ3n) is 5.43. The Bertz CT molecular complexity index is 972. The second-order valence-electron chi connectivity index (χ2n) is 7.41. The molecule has 9 nitrogen and oxygen atoms in total. The maximum Gasteiger partial charge on any atom is 0.471 e. The zero-order valence-electron chi connectivity index (χ0n) is 16.1. The molecular formula is C17H20F4N4O5S. The zero-order chi connectivity index (χ0) is 23.0. The molecule has 0 aliphatic carbocycles. The molecule has 1 aromatic rings. The van der Waals surface area contributed by atoms with Crippen molar-refractivity contribution in [2.24, 2.45) is 0 Å². The number of piperazine rings is 1. The molecule has 2 saturated heterocycles. The number of halogens is 4. The van der Waals surface area contributed by atoms with Gasteiger partial charge < -0.3 is 15.3 Å². The highest BCUT2D eigenvalue weighted by Gasteiger charge is 2.43. The van der Waals surface area contributed by atoms with Crippen LogP contribution in [0.15, 0.2) is 12.4 Å². The van der Waals surface area contributed by atoms with Crippen molar-refractivity contribution < 1.29 is 40.7 Å². The van der Waals surface area contributed by atoms with E-state index >= 15 is 0 Å². The van der Waals surface area contributed by atoms with Crippen molar-refractivity contribution in [1.82, 2.24) is 14.2 Å². The minimum Gasteiger partial charge on any atom is -0.465 e. The summed E-state index contributed by atoms with van der Waals surface area (Å²) in [7, 11) is -3.66. The Hall–Kier alpha value is -2.48. The lowest BCUT2D eigenvalue weighted by molar-refractivity contribution is -0.167. The minimum absolute atomic E-state index is 0.0320. The molecule has 1 aromatic heterocycles. The molecule has 2 aliphatic heterocycles. The molecule has 2 fully saturated rings. The molecule has 3 unspecified atom stereocenters. The Morgan fingerprint density at radius 2 is 1.97 bits per heavy atom. The summed E-state index contributed by atoms with van der Waals surface area (Å²) in [5.41, 5.74) is -0.756. The van der Waals surface area contributed by atoms with E-state index in [0.29, 0.717) is 12.8 Å². The van der Waals surface area contributed by atoms with Crippen LogP contribution in [-0.4, -0.2) is 76.8 Å². The number of carboxylic acid groups (broad SMARTS) is 1. The van der Waals surface area contributed by atoms with Crippen LogP contribution in [0.25, 0.3) is 0 Å². The molecule has 0 aromatic carbocycles. The van der Waals surface area contributed by atoms with Gasteiger partial charge in [0, 0.05) is 30.7 Å². The summed E-state index contributed by atoms with van der Waals surface area (Å²) >= 11 is 0. The average molecular weight is 468 g/mol. The number of aromatic nitrogens is 1. The van der Waals surface area contributed by atoms with Crippen molar-refractivity contribution in [2.45, 2.75) is 43.9 Å². The minimum atomic E-state index is -5.19. The topological polar surface area (TPSA) is 120 Å². The predicted molar refractivity (Wildman–Crippen MR) is 99.2 cm³/mol. The van der Waals surface area contributed by atoms with Crippen LogP contribution in [0.2, 0.25) is 0 Å². The standard InChI is InChI=1S/C17H20F4N4O5S/c18-13-6-22-7-14(23-15(26)17(19,20)21)12(13)4-3-11-8-24(16(27)28)10-2-1-5-31(29,30)25(11)9-10/h6-7,10-11H,1-5,8-9H2,(H,23,26)(H,27,28). The van der Waals surface area contributed by atoms with E-state index in [-0.39, 0.29) is 37.2 Å². The van der Waals surface area contributed by atoms with Crippen LogP contribution in [0, 0.1) is 5.82 Å². The van der Waals surface area contributed by atoms with Gasteiger partial charge in [0.1, 0.15) is 5.82 Å². The molecule has 2 N–H and O–H groups in total. The number of hydrogen-bond acceptors (Lipinski definition) is 5. The van der Waals surface area contributed by atoms with Gasteiger partial charge in [0.25, 0.3) is 0 Å². The van der Waals surface area contributed by atoms with Crippen LogP contribution in [0.4, 0.5) is 28.0 Å². The number of amides is 2. The fourth-order valence-electron chi connectivity index (χ4n) is 3.93. The summed E-state index contributed by atoms with van der Waals surface area (Å²) in [6.45, 7) is -0.175. The highest BCUT2D eigenvalue weighted by molar-refractivity contribution is 7.89. The van der Waals surface area contributed by atoms with E-state index in [4.69, 9.17) is 0 Å². The first-order valence-corrected chi connectivity index (χ1v) is 11.0. The molecule has 0 radical (unpaired) electrons. The molecule has 172 valence electrons. The SMILES string of the molecule is O=C(O)N1CC(CCc2c(F)cncc2NC(=O)C(F)(F)F)N2CC1CCCS2(=O)=O. The third kappa shape index (κ3) is 5.06. The number of anilines is 1. The number of fused-ring (bicyclic) bond motifs is 2. The number of sulfonamides is 1. The third-order valence-corrected chi connectivity index (χ3v) is 7.39. The molecule has 31 heavy (non-hydrogen) atoms. The number of nitrogens with one attached hydrogen (secondary N) is 1. The first-order chi connectivity index (χ1) is 14.4. The predicted octanol–water partition coefficient (Wildman–Crippen LogP) is 1.81. The molecular weight excluding hydrogens is 448 g/mol. The van der Waals surface area contributed by atoms with E-state index in [9.17, 15) is 40.7 Å². The lowest BCUT2D eigenvalue weighted by Crippen LogP contribution is -2.60. The van der Waals surface area contributed by atoms with Crippen molar-refractivity contribution in [1.29, 1.82) is 0 Å². The van der Waals surface area contributed by atoms with E-state index in [2.05, 4.69) is 4.98 Å². The first-order valence-electron chi connectivity index (χ1n) is 9.40. The van der Waals surface area contributed by atoms with E-state index in [1.165, 1.54) is 4.31 Å². The van der Waals surface area contributed by atoms with Crippen molar-refractivity contribution in [2.75, 3.05) is 24.2 Å². The summed E-state index contributed by atoms with van der Waals surface area (Å²) in [6, 6.07) is -1.32. The molecule has 2 bridgehead atoms. The maximum atomic E-state index is 14.3. The fraction of sp³-hybridized carbons (Fsp3) is 0.588. The number of alkyl halides is 3. The second kappa shape index (κ2) is 8.57. The van der Waals surface area contributed by atoms with Crippen LogP contribution in [0.1, 0.15) is 24.8 Å². The molecule has 2 amide bonds. The smallest absolute Gasteiger partial charge is 0.465 e. The van der Waals surface area contributed by atoms with Gasteiger partial charge >= 0.3 is 18.2 Å². The van der Waals surface area contributed by atoms with Crippen molar-refractivity contribution in [3.8, 4) is 0 Å². The summed E-state index contributed by atoms with van der Waals surface area (Å²) in [4.78, 5) is 27.4. The quantitative estimate of drug-likeness (QED) is 0.651. The summed E-state index contributed by atoms with van der Waals surface area (Å²) in [6.07, 6.45) is -4.38. The van der Waals surface area contributed by atoms with E-state index in [1.807, 2.05) is 0 Å². The Morgan fingerprint density at radius 1 is 1.26 bits per heavy atom. The normalized spacial score (nSPS) is 25.5. The van der Waals surface area contributed by atoms with Crippen LogP contribution in [0.5, 0.6) is 0 Å². The van der Waals surface area contributed by atoms with Crippen LogP contribution < -0.4 is 5.32 Å². The van der Waals surface area contributed by atoms with Gasteiger partial charge in [0.05, 0.1) is 23.8 Å². The van der Waals surface area contributed by atoms with Crippen molar-refractivity contribution in [3.05, 3.63) is 23.8 Å². The van der Waals surface area contributed by atoms with Gasteiger partial charge in [-0.2, -0.15) is 17.5 Å². The number of carbonyl (C=O) groups is 2. The largest absolute Gasteiger partial charge is 0.471 e. The molecule has 0 saturated carbocycles. The van der Waals surface area contributed by atoms with Gasteiger partial charge in [-0.15, -0.1) is 0 Å². The van der Waals surface area contributed by atoms with Crippen LogP contribution >= 0.6 is 0 Å². The van der Waals surface area contributed by atoms with Gasteiger partial charge in [-0.05, 0) is 25.7 Å². The number of nitrogens with zero attached hydrogens (tertiary/aromatic N) is 3. The lowest BCUT2D eigenvalue weighted by Gasteiger charge is -2.43. The number of rotatable bonds is 4. The molecule has 2 aliphatic rings. The molecule has 14 heteroatoms. The summed E-state index contributed by atoms with van der Waals surface area (Å²) in [5.74, 6) is -3.42. The van der Waals surface area contributed by atoms with Crippen LogP contribution in [0.3, 0.4) is 0 Å². The van der Waals surface area contributed by atoms with E-state index < -0.39 is 51.8 Å². The molecule has 3 heterocycles. The maximum absolute atomic E-state index is 14.3. The Balaban J connectivity index is 1.84. The van der Waals surface area contributed by atoms with E-state index in [0.717, 1.165) is 17.3 Å². The fourth-order valence-corrected chi connectivity index (χ4v) is 5.72. The van der Waals surface area contributed by atoms with E-state index in [1.54, 1.807) is 5.32 Å². The second-order valence-corrected chi connectivity index (χ2v) is 9.45. The van der Waals surface area contributed by atoms with Gasteiger partial charge in [-0.25, -0.2) is 17.6 Å². The Labute approximate surface area is 175 Å². The van der Waals surface area contributed by atoms with Gasteiger partial charge in [0.15, 0.2) is 0 Å². The van der Waals surface area contributed by atoms with Crippen molar-refractivity contribution >= 4 is 27.7 Å². The number of carbonyl (C=O) groups excluding carboxylic acids is 1. The summed E-state index contributed by atoms with van der Waals surface area (Å²) in [5, 5.41) is 11.0. The Kier molecular flexibility index (Phi) is 6.41. The summed E-state index contributed by atoms with van der Waals surface area (Å²) < 4.78 is 78.4. The zero-order valence-corrected chi connectivity index (χ0v) is 16.9. The first kappa shape index (κ1) is 23.2. The molecule has 3 rings (SSSR count). The average Bonchev–Trinajstić information content (AvgIpc) is 2.78. The molecule has 3 atom stereocenters.